The molecule has 0 heterocycles. The summed E-state index contributed by atoms with van der Waals surface area (Å²) in [6.45, 7) is 0.0243. The van der Waals surface area contributed by atoms with Gasteiger partial charge in [-0.2, -0.15) is 0 Å². The van der Waals surface area contributed by atoms with Crippen molar-refractivity contribution in [2.45, 2.75) is 19.1 Å². The predicted molar refractivity (Wildman–Crippen MR) is 115 cm³/mol. The highest BCUT2D eigenvalue weighted by atomic mass is 19.1. The number of non-ortho nitro benzene ring substituents is 1. The van der Waals surface area contributed by atoms with Crippen LogP contribution in [0, 0.1) is 15.9 Å². The van der Waals surface area contributed by atoms with Crippen LogP contribution in [0.2, 0.25) is 0 Å². The smallest absolute Gasteiger partial charge is 0.408 e. The SMILES string of the molecule is O=C(N[C@@H](Cc1ccc([N+](=O)[O-])cc1)C(=O)Nc1ccc(F)cc1)OCc1ccccc1. The summed E-state index contributed by atoms with van der Waals surface area (Å²) in [5, 5.41) is 16.0. The molecule has 0 spiro atoms. The van der Waals surface area contributed by atoms with Crippen molar-refractivity contribution in [1.82, 2.24) is 5.32 Å². The van der Waals surface area contributed by atoms with Crippen molar-refractivity contribution < 1.29 is 23.6 Å². The summed E-state index contributed by atoms with van der Waals surface area (Å²) in [5.74, 6) is -1.00. The lowest BCUT2D eigenvalue weighted by molar-refractivity contribution is -0.384. The van der Waals surface area contributed by atoms with E-state index in [1.807, 2.05) is 18.2 Å². The summed E-state index contributed by atoms with van der Waals surface area (Å²) in [4.78, 5) is 35.4. The fourth-order valence-electron chi connectivity index (χ4n) is 2.87. The van der Waals surface area contributed by atoms with Gasteiger partial charge in [0.25, 0.3) is 5.69 Å². The zero-order valence-corrected chi connectivity index (χ0v) is 16.9. The molecule has 164 valence electrons. The summed E-state index contributed by atoms with van der Waals surface area (Å²) in [6, 6.07) is 18.8. The van der Waals surface area contributed by atoms with E-state index >= 15 is 0 Å². The molecular weight excluding hydrogens is 417 g/mol. The average molecular weight is 437 g/mol. The number of halogens is 1. The molecule has 0 aromatic heterocycles. The fraction of sp³-hybridized carbons (Fsp3) is 0.130. The number of amides is 2. The van der Waals surface area contributed by atoms with Gasteiger partial charge in [-0.25, -0.2) is 9.18 Å². The Kier molecular flexibility index (Phi) is 7.47. The molecule has 8 nitrogen and oxygen atoms in total. The van der Waals surface area contributed by atoms with Crippen molar-refractivity contribution >= 4 is 23.4 Å². The molecule has 0 saturated carbocycles. The van der Waals surface area contributed by atoms with E-state index in [1.54, 1.807) is 12.1 Å². The van der Waals surface area contributed by atoms with Crippen molar-refractivity contribution in [2.75, 3.05) is 5.32 Å². The Labute approximate surface area is 183 Å². The number of nitrogens with zero attached hydrogens (tertiary/aromatic N) is 1. The molecule has 3 rings (SSSR count). The Balaban J connectivity index is 1.69. The molecule has 32 heavy (non-hydrogen) atoms. The van der Waals surface area contributed by atoms with Crippen molar-refractivity contribution in [1.29, 1.82) is 0 Å². The number of hydrogen-bond acceptors (Lipinski definition) is 5. The summed E-state index contributed by atoms with van der Waals surface area (Å²) >= 11 is 0. The van der Waals surface area contributed by atoms with Gasteiger partial charge in [-0.05, 0) is 35.4 Å². The molecule has 0 fully saturated rings. The first-order valence-electron chi connectivity index (χ1n) is 9.67. The molecule has 0 bridgehead atoms. The van der Waals surface area contributed by atoms with E-state index < -0.39 is 28.8 Å². The van der Waals surface area contributed by atoms with Crippen LogP contribution in [0.25, 0.3) is 0 Å². The van der Waals surface area contributed by atoms with E-state index in [-0.39, 0.29) is 18.7 Å². The van der Waals surface area contributed by atoms with E-state index in [4.69, 9.17) is 4.74 Å². The first-order valence-corrected chi connectivity index (χ1v) is 9.67. The Morgan fingerprint density at radius 1 is 0.938 bits per heavy atom. The van der Waals surface area contributed by atoms with Crippen LogP contribution in [-0.4, -0.2) is 23.0 Å². The van der Waals surface area contributed by atoms with Crippen LogP contribution in [-0.2, 0) is 22.6 Å². The molecule has 2 N–H and O–H groups in total. The van der Waals surface area contributed by atoms with Crippen LogP contribution in [0.1, 0.15) is 11.1 Å². The number of nitro benzene ring substituents is 1. The standard InChI is InChI=1S/C23H20FN3O5/c24-18-8-10-19(11-9-18)25-22(28)21(14-16-6-12-20(13-7-16)27(30)31)26-23(29)32-15-17-4-2-1-3-5-17/h1-13,21H,14-15H2,(H,25,28)(H,26,29)/t21-/m0/s1. The van der Waals surface area contributed by atoms with Gasteiger partial charge in [0.1, 0.15) is 18.5 Å². The molecule has 3 aromatic rings. The van der Waals surface area contributed by atoms with Crippen molar-refractivity contribution in [3.05, 3.63) is 106 Å². The van der Waals surface area contributed by atoms with Crippen LogP contribution in [0.4, 0.5) is 20.6 Å². The lowest BCUT2D eigenvalue weighted by Crippen LogP contribution is -2.45. The minimum atomic E-state index is -1.04. The Bertz CT molecular complexity index is 1070. The number of nitro groups is 1. The predicted octanol–water partition coefficient (Wildman–Crippen LogP) is 4.21. The van der Waals surface area contributed by atoms with Gasteiger partial charge in [0.05, 0.1) is 4.92 Å². The number of carbonyl (C=O) groups excluding carboxylic acids is 2. The summed E-state index contributed by atoms with van der Waals surface area (Å²) in [6.07, 6.45) is -0.735. The van der Waals surface area contributed by atoms with E-state index in [2.05, 4.69) is 10.6 Å². The van der Waals surface area contributed by atoms with E-state index in [9.17, 15) is 24.1 Å². The summed E-state index contributed by atoms with van der Waals surface area (Å²) in [5.41, 5.74) is 1.64. The second kappa shape index (κ2) is 10.7. The molecule has 3 aromatic carbocycles. The zero-order valence-electron chi connectivity index (χ0n) is 16.9. The molecule has 9 heteroatoms. The third-order valence-electron chi connectivity index (χ3n) is 4.52. The van der Waals surface area contributed by atoms with Gasteiger partial charge in [0, 0.05) is 24.2 Å². The number of nitrogens with one attached hydrogen (secondary N) is 2. The highest BCUT2D eigenvalue weighted by Gasteiger charge is 2.23. The number of ether oxygens (including phenoxy) is 1. The van der Waals surface area contributed by atoms with E-state index in [0.717, 1.165) is 5.56 Å². The van der Waals surface area contributed by atoms with Crippen LogP contribution >= 0.6 is 0 Å². The first kappa shape index (κ1) is 22.4. The van der Waals surface area contributed by atoms with Gasteiger partial charge in [0.15, 0.2) is 0 Å². The molecule has 0 aliphatic carbocycles. The van der Waals surface area contributed by atoms with E-state index in [0.29, 0.717) is 11.3 Å². The maximum absolute atomic E-state index is 13.1. The number of benzene rings is 3. The summed E-state index contributed by atoms with van der Waals surface area (Å²) in [7, 11) is 0. The molecule has 0 aliphatic heterocycles. The third-order valence-corrected chi connectivity index (χ3v) is 4.52. The third kappa shape index (κ3) is 6.63. The number of anilines is 1. The quantitative estimate of drug-likeness (QED) is 0.405. The number of carbonyl (C=O) groups is 2. The van der Waals surface area contributed by atoms with Crippen LogP contribution in [0.15, 0.2) is 78.9 Å². The van der Waals surface area contributed by atoms with Gasteiger partial charge in [0.2, 0.25) is 5.91 Å². The second-order valence-electron chi connectivity index (χ2n) is 6.88. The largest absolute Gasteiger partial charge is 0.445 e. The van der Waals surface area contributed by atoms with E-state index in [1.165, 1.54) is 48.5 Å². The zero-order chi connectivity index (χ0) is 22.9. The Morgan fingerprint density at radius 2 is 1.59 bits per heavy atom. The molecule has 2 amide bonds. The minimum absolute atomic E-state index is 0.0243. The molecular formula is C23H20FN3O5. The van der Waals surface area contributed by atoms with Crippen molar-refractivity contribution in [2.24, 2.45) is 0 Å². The monoisotopic (exact) mass is 437 g/mol. The minimum Gasteiger partial charge on any atom is -0.445 e. The molecule has 1 atom stereocenters. The van der Waals surface area contributed by atoms with Gasteiger partial charge in [-0.3, -0.25) is 14.9 Å². The lowest BCUT2D eigenvalue weighted by Gasteiger charge is -2.18. The van der Waals surface area contributed by atoms with Crippen LogP contribution in [0.5, 0.6) is 0 Å². The normalized spacial score (nSPS) is 11.3. The summed E-state index contributed by atoms with van der Waals surface area (Å²) < 4.78 is 18.3. The maximum atomic E-state index is 13.1. The fourth-order valence-corrected chi connectivity index (χ4v) is 2.87. The number of hydrogen-bond donors (Lipinski definition) is 2. The maximum Gasteiger partial charge on any atom is 0.408 e. The highest BCUT2D eigenvalue weighted by molar-refractivity contribution is 5.96. The Morgan fingerprint density at radius 3 is 2.22 bits per heavy atom. The van der Waals surface area contributed by atoms with Crippen molar-refractivity contribution in [3.63, 3.8) is 0 Å². The van der Waals surface area contributed by atoms with Crippen LogP contribution < -0.4 is 10.6 Å². The molecule has 0 unspecified atom stereocenters. The molecule has 0 radical (unpaired) electrons. The first-order chi connectivity index (χ1) is 15.4. The second-order valence-corrected chi connectivity index (χ2v) is 6.88. The number of rotatable bonds is 8. The van der Waals surface area contributed by atoms with Gasteiger partial charge in [-0.15, -0.1) is 0 Å². The average Bonchev–Trinajstić information content (AvgIpc) is 2.80. The molecule has 0 saturated heterocycles. The molecule has 0 aliphatic rings. The Hall–Kier alpha value is -4.27. The number of alkyl carbamates (subject to hydrolysis) is 1. The van der Waals surface area contributed by atoms with Crippen molar-refractivity contribution in [3.8, 4) is 0 Å². The lowest BCUT2D eigenvalue weighted by atomic mass is 10.0. The van der Waals surface area contributed by atoms with Gasteiger partial charge < -0.3 is 15.4 Å². The topological polar surface area (TPSA) is 111 Å². The van der Waals surface area contributed by atoms with Crippen LogP contribution in [0.3, 0.4) is 0 Å². The van der Waals surface area contributed by atoms with Gasteiger partial charge >= 0.3 is 6.09 Å². The van der Waals surface area contributed by atoms with Gasteiger partial charge in [-0.1, -0.05) is 42.5 Å². The highest BCUT2D eigenvalue weighted by Crippen LogP contribution is 2.15.